The number of hydrogen-bond donors (Lipinski definition) is 2. The number of carbonyl (C=O) groups excluding carboxylic acids is 1. The monoisotopic (exact) mass is 299 g/mol. The molecule has 0 aliphatic rings. The number of amides is 1. The molecule has 0 spiro atoms. The first kappa shape index (κ1) is 16.7. The highest BCUT2D eigenvalue weighted by Crippen LogP contribution is 2.16. The molecule has 1 aromatic rings. The van der Waals surface area contributed by atoms with Crippen LogP contribution in [0.3, 0.4) is 0 Å². The van der Waals surface area contributed by atoms with Crippen LogP contribution in [0.25, 0.3) is 0 Å². The zero-order chi connectivity index (χ0) is 15.0. The van der Waals surface area contributed by atoms with E-state index in [0.717, 1.165) is 12.8 Å². The highest BCUT2D eigenvalue weighted by atomic mass is 35.5. The van der Waals surface area contributed by atoms with E-state index in [-0.39, 0.29) is 17.7 Å². The van der Waals surface area contributed by atoms with Crippen LogP contribution in [0.1, 0.15) is 37.2 Å². The van der Waals surface area contributed by atoms with E-state index >= 15 is 0 Å². The maximum Gasteiger partial charge on any atom is 0.271 e. The molecule has 6 heteroatoms. The normalized spacial score (nSPS) is 10.7. The van der Waals surface area contributed by atoms with Crippen LogP contribution in [0.5, 0.6) is 0 Å². The molecule has 0 aliphatic heterocycles. The van der Waals surface area contributed by atoms with Crippen molar-refractivity contribution in [2.24, 2.45) is 0 Å². The zero-order valence-corrected chi connectivity index (χ0v) is 13.0. The fourth-order valence-corrected chi connectivity index (χ4v) is 1.76. The molecule has 0 unspecified atom stereocenters. The maximum absolute atomic E-state index is 12.0. The second kappa shape index (κ2) is 8.76. The van der Waals surface area contributed by atoms with Crippen LogP contribution >= 0.6 is 11.6 Å². The van der Waals surface area contributed by atoms with Crippen LogP contribution in [0.2, 0.25) is 5.02 Å². The number of unbranched alkanes of at least 4 members (excludes halogenated alkanes) is 1. The van der Waals surface area contributed by atoms with Crippen molar-refractivity contribution in [3.63, 3.8) is 0 Å². The van der Waals surface area contributed by atoms with Gasteiger partial charge in [0, 0.05) is 20.2 Å². The first-order valence-electron chi connectivity index (χ1n) is 6.78. The van der Waals surface area contributed by atoms with Gasteiger partial charge in [-0.05, 0) is 38.8 Å². The number of rotatable bonds is 8. The van der Waals surface area contributed by atoms with Crippen molar-refractivity contribution in [1.82, 2.24) is 10.3 Å². The van der Waals surface area contributed by atoms with Gasteiger partial charge in [-0.1, -0.05) is 11.6 Å². The van der Waals surface area contributed by atoms with E-state index in [4.69, 9.17) is 16.3 Å². The predicted octanol–water partition coefficient (Wildman–Crippen LogP) is 2.71. The summed E-state index contributed by atoms with van der Waals surface area (Å²) in [6.45, 7) is 5.30. The van der Waals surface area contributed by atoms with Gasteiger partial charge in [-0.25, -0.2) is 4.98 Å². The Balaban J connectivity index is 2.36. The largest absolute Gasteiger partial charge is 0.379 e. The molecule has 0 aromatic carbocycles. The fourth-order valence-electron chi connectivity index (χ4n) is 1.57. The molecule has 1 aromatic heterocycles. The lowest BCUT2D eigenvalue weighted by Crippen LogP contribution is -2.26. The van der Waals surface area contributed by atoms with E-state index in [0.29, 0.717) is 24.0 Å². The lowest BCUT2D eigenvalue weighted by atomic mass is 10.3. The molecule has 0 radical (unpaired) electrons. The van der Waals surface area contributed by atoms with Gasteiger partial charge in [0.2, 0.25) is 0 Å². The minimum Gasteiger partial charge on any atom is -0.379 e. The van der Waals surface area contributed by atoms with Gasteiger partial charge in [-0.3, -0.25) is 4.79 Å². The summed E-state index contributed by atoms with van der Waals surface area (Å²) < 4.78 is 5.43. The van der Waals surface area contributed by atoms with E-state index in [1.165, 1.54) is 0 Å². The number of ether oxygens (including phenoxy) is 1. The van der Waals surface area contributed by atoms with Gasteiger partial charge in [0.15, 0.2) is 0 Å². The lowest BCUT2D eigenvalue weighted by molar-refractivity contribution is 0.0754. The molecule has 2 N–H and O–H groups in total. The maximum atomic E-state index is 12.0. The van der Waals surface area contributed by atoms with E-state index in [9.17, 15) is 4.79 Å². The van der Waals surface area contributed by atoms with E-state index in [1.54, 1.807) is 19.2 Å². The Hall–Kier alpha value is -1.33. The van der Waals surface area contributed by atoms with Gasteiger partial charge >= 0.3 is 0 Å². The molecule has 0 aliphatic carbocycles. The Bertz CT molecular complexity index is 438. The summed E-state index contributed by atoms with van der Waals surface area (Å²) in [7, 11) is 1.74. The summed E-state index contributed by atoms with van der Waals surface area (Å²) >= 11 is 5.97. The Morgan fingerprint density at radius 3 is 2.80 bits per heavy atom. The smallest absolute Gasteiger partial charge is 0.271 e. The van der Waals surface area contributed by atoms with Gasteiger partial charge in [0.1, 0.15) is 11.5 Å². The van der Waals surface area contributed by atoms with Crippen molar-refractivity contribution >= 4 is 23.3 Å². The van der Waals surface area contributed by atoms with Gasteiger partial charge in [0.25, 0.3) is 5.91 Å². The minimum absolute atomic E-state index is 0.247. The van der Waals surface area contributed by atoms with Crippen molar-refractivity contribution in [3.05, 3.63) is 22.8 Å². The van der Waals surface area contributed by atoms with Crippen LogP contribution < -0.4 is 10.6 Å². The Morgan fingerprint density at radius 1 is 1.40 bits per heavy atom. The summed E-state index contributed by atoms with van der Waals surface area (Å²) in [6, 6.07) is 3.38. The van der Waals surface area contributed by atoms with Crippen molar-refractivity contribution < 1.29 is 9.53 Å². The van der Waals surface area contributed by atoms with Crippen LogP contribution in [-0.2, 0) is 4.74 Å². The summed E-state index contributed by atoms with van der Waals surface area (Å²) in [6.07, 6.45) is 2.02. The van der Waals surface area contributed by atoms with Crippen molar-refractivity contribution in [2.75, 3.05) is 25.5 Å². The van der Waals surface area contributed by atoms with Gasteiger partial charge in [-0.2, -0.15) is 0 Å². The number of nitrogens with one attached hydrogen (secondary N) is 2. The molecule has 0 bridgehead atoms. The van der Waals surface area contributed by atoms with Crippen LogP contribution in [-0.4, -0.2) is 37.2 Å². The van der Waals surface area contributed by atoms with Gasteiger partial charge in [-0.15, -0.1) is 0 Å². The number of anilines is 1. The highest BCUT2D eigenvalue weighted by Gasteiger charge is 2.12. The topological polar surface area (TPSA) is 63.2 Å². The first-order chi connectivity index (χ1) is 9.54. The van der Waals surface area contributed by atoms with Gasteiger partial charge in [0.05, 0.1) is 11.1 Å². The molecule has 1 heterocycles. The average Bonchev–Trinajstić information content (AvgIpc) is 2.42. The molecule has 0 saturated carbocycles. The fraction of sp³-hybridized carbons (Fsp3) is 0.571. The highest BCUT2D eigenvalue weighted by molar-refractivity contribution is 6.33. The molecular weight excluding hydrogens is 278 g/mol. The number of aromatic nitrogens is 1. The van der Waals surface area contributed by atoms with E-state index in [1.807, 2.05) is 13.8 Å². The second-order valence-corrected chi connectivity index (χ2v) is 5.07. The summed E-state index contributed by atoms with van der Waals surface area (Å²) in [5.74, 6) is 0.363. The minimum atomic E-state index is -0.253. The Labute approximate surface area is 125 Å². The number of halogens is 1. The molecule has 0 saturated heterocycles. The predicted molar refractivity (Wildman–Crippen MR) is 81.4 cm³/mol. The second-order valence-electron chi connectivity index (χ2n) is 4.66. The molecular formula is C14H22ClN3O2. The third-order valence-corrected chi connectivity index (χ3v) is 2.93. The van der Waals surface area contributed by atoms with Crippen molar-refractivity contribution in [1.29, 1.82) is 0 Å². The SMILES string of the molecule is CNc1ccc(Cl)c(C(=O)NCCCCOC(C)C)n1. The van der Waals surface area contributed by atoms with Crippen molar-refractivity contribution in [3.8, 4) is 0 Å². The average molecular weight is 300 g/mol. The number of nitrogens with zero attached hydrogens (tertiary/aromatic N) is 1. The molecule has 5 nitrogen and oxygen atoms in total. The van der Waals surface area contributed by atoms with E-state index in [2.05, 4.69) is 15.6 Å². The van der Waals surface area contributed by atoms with Gasteiger partial charge < -0.3 is 15.4 Å². The molecule has 0 fully saturated rings. The van der Waals surface area contributed by atoms with E-state index < -0.39 is 0 Å². The van der Waals surface area contributed by atoms with Crippen LogP contribution in [0.4, 0.5) is 5.82 Å². The quantitative estimate of drug-likeness (QED) is 0.725. The number of hydrogen-bond acceptors (Lipinski definition) is 4. The number of carbonyl (C=O) groups is 1. The third kappa shape index (κ3) is 5.75. The molecule has 0 atom stereocenters. The standard InChI is InChI=1S/C14H22ClN3O2/c1-10(2)20-9-5-4-8-17-14(19)13-11(15)6-7-12(16-3)18-13/h6-7,10H,4-5,8-9H2,1-3H3,(H,16,18)(H,17,19). The molecule has 1 amide bonds. The summed E-state index contributed by atoms with van der Waals surface area (Å²) in [5, 5.41) is 6.04. The number of pyridine rings is 1. The Kier molecular flexibility index (Phi) is 7.33. The molecule has 112 valence electrons. The first-order valence-corrected chi connectivity index (χ1v) is 7.16. The molecule has 1 rings (SSSR count). The summed E-state index contributed by atoms with van der Waals surface area (Å²) in [5.41, 5.74) is 0.247. The lowest BCUT2D eigenvalue weighted by Gasteiger charge is -2.09. The third-order valence-electron chi connectivity index (χ3n) is 2.63. The van der Waals surface area contributed by atoms with Crippen LogP contribution in [0, 0.1) is 0 Å². The molecule has 20 heavy (non-hydrogen) atoms. The summed E-state index contributed by atoms with van der Waals surface area (Å²) in [4.78, 5) is 16.1. The van der Waals surface area contributed by atoms with Crippen molar-refractivity contribution in [2.45, 2.75) is 32.8 Å². The zero-order valence-electron chi connectivity index (χ0n) is 12.2. The Morgan fingerprint density at radius 2 is 2.15 bits per heavy atom. The van der Waals surface area contributed by atoms with Crippen LogP contribution in [0.15, 0.2) is 12.1 Å².